The molecule has 7 nitrogen and oxygen atoms in total. The summed E-state index contributed by atoms with van der Waals surface area (Å²) in [6.07, 6.45) is 0. The summed E-state index contributed by atoms with van der Waals surface area (Å²) in [7, 11) is 0. The summed E-state index contributed by atoms with van der Waals surface area (Å²) >= 11 is 0. The van der Waals surface area contributed by atoms with Gasteiger partial charge >= 0.3 is 0 Å². The van der Waals surface area contributed by atoms with Gasteiger partial charge in [0.05, 0.1) is 5.69 Å². The standard InChI is InChI=1S/C21H18FN3O4/c22-15-3-1-2-4-17(15)24-7-9-25(10-8-24)21(26)16-12-19(29-23-16)14-5-6-18-20(11-14)28-13-27-18/h1-6,11-12H,7-10,13H2. The van der Waals surface area contributed by atoms with Crippen LogP contribution in [0.4, 0.5) is 10.1 Å². The first-order valence-electron chi connectivity index (χ1n) is 9.34. The van der Waals surface area contributed by atoms with Gasteiger partial charge in [0.25, 0.3) is 5.91 Å². The van der Waals surface area contributed by atoms with Crippen molar-refractivity contribution in [1.29, 1.82) is 0 Å². The summed E-state index contributed by atoms with van der Waals surface area (Å²) in [5, 5.41) is 3.94. The molecule has 2 aromatic carbocycles. The molecule has 1 fully saturated rings. The van der Waals surface area contributed by atoms with Crippen LogP contribution in [0.5, 0.6) is 11.5 Å². The number of ether oxygens (including phenoxy) is 2. The molecule has 0 N–H and O–H groups in total. The normalized spacial score (nSPS) is 15.6. The van der Waals surface area contributed by atoms with E-state index >= 15 is 0 Å². The lowest BCUT2D eigenvalue weighted by atomic mass is 10.1. The molecule has 29 heavy (non-hydrogen) atoms. The highest BCUT2D eigenvalue weighted by Gasteiger charge is 2.26. The molecule has 3 heterocycles. The minimum atomic E-state index is -0.253. The van der Waals surface area contributed by atoms with Crippen LogP contribution < -0.4 is 14.4 Å². The first-order chi connectivity index (χ1) is 14.2. The van der Waals surface area contributed by atoms with Gasteiger partial charge < -0.3 is 23.8 Å². The monoisotopic (exact) mass is 395 g/mol. The molecule has 8 heteroatoms. The molecule has 1 saturated heterocycles. The molecule has 3 aromatic rings. The van der Waals surface area contributed by atoms with Crippen LogP contribution in [-0.2, 0) is 0 Å². The maximum absolute atomic E-state index is 14.0. The zero-order chi connectivity index (χ0) is 19.8. The number of carbonyl (C=O) groups excluding carboxylic acids is 1. The highest BCUT2D eigenvalue weighted by molar-refractivity contribution is 5.93. The fourth-order valence-corrected chi connectivity index (χ4v) is 3.58. The number of piperazine rings is 1. The molecule has 0 saturated carbocycles. The molecule has 0 aliphatic carbocycles. The van der Waals surface area contributed by atoms with Gasteiger partial charge in [0.1, 0.15) is 5.82 Å². The number of para-hydroxylation sites is 1. The molecule has 0 bridgehead atoms. The molecule has 1 aromatic heterocycles. The van der Waals surface area contributed by atoms with Gasteiger partial charge in [-0.15, -0.1) is 0 Å². The van der Waals surface area contributed by atoms with Gasteiger partial charge in [-0.2, -0.15) is 0 Å². The second-order valence-electron chi connectivity index (χ2n) is 6.88. The Morgan fingerprint density at radius 1 is 0.966 bits per heavy atom. The number of aromatic nitrogens is 1. The van der Waals surface area contributed by atoms with E-state index in [0.29, 0.717) is 49.1 Å². The van der Waals surface area contributed by atoms with Crippen LogP contribution in [0.1, 0.15) is 10.5 Å². The van der Waals surface area contributed by atoms with Crippen molar-refractivity contribution in [2.75, 3.05) is 37.9 Å². The lowest BCUT2D eigenvalue weighted by molar-refractivity contribution is 0.0736. The third-order valence-electron chi connectivity index (χ3n) is 5.15. The van der Waals surface area contributed by atoms with Crippen molar-refractivity contribution < 1.29 is 23.2 Å². The Hall–Kier alpha value is -3.55. The molecule has 2 aliphatic heterocycles. The summed E-state index contributed by atoms with van der Waals surface area (Å²) in [5.41, 5.74) is 1.56. The summed E-state index contributed by atoms with van der Waals surface area (Å²) < 4.78 is 30.0. The van der Waals surface area contributed by atoms with Gasteiger partial charge in [0.15, 0.2) is 23.0 Å². The Morgan fingerprint density at radius 3 is 2.59 bits per heavy atom. The number of hydrogen-bond acceptors (Lipinski definition) is 6. The van der Waals surface area contributed by atoms with E-state index in [1.165, 1.54) is 6.07 Å². The fourth-order valence-electron chi connectivity index (χ4n) is 3.58. The molecule has 0 atom stereocenters. The molecular weight excluding hydrogens is 377 g/mol. The Kier molecular flexibility index (Phi) is 4.31. The van der Waals surface area contributed by atoms with E-state index < -0.39 is 0 Å². The molecule has 5 rings (SSSR count). The number of halogens is 1. The van der Waals surface area contributed by atoms with E-state index in [0.717, 1.165) is 5.56 Å². The number of amides is 1. The maximum atomic E-state index is 14.0. The summed E-state index contributed by atoms with van der Waals surface area (Å²) in [6, 6.07) is 13.7. The lowest BCUT2D eigenvalue weighted by Gasteiger charge is -2.35. The number of fused-ring (bicyclic) bond motifs is 1. The van der Waals surface area contributed by atoms with Crippen LogP contribution in [0.2, 0.25) is 0 Å². The van der Waals surface area contributed by atoms with Gasteiger partial charge in [-0.25, -0.2) is 4.39 Å². The van der Waals surface area contributed by atoms with E-state index in [9.17, 15) is 9.18 Å². The molecule has 148 valence electrons. The number of carbonyl (C=O) groups is 1. The van der Waals surface area contributed by atoms with Crippen molar-refractivity contribution in [2.45, 2.75) is 0 Å². The summed E-state index contributed by atoms with van der Waals surface area (Å²) in [5.74, 6) is 1.34. The van der Waals surface area contributed by atoms with E-state index in [1.807, 2.05) is 17.0 Å². The van der Waals surface area contributed by atoms with Gasteiger partial charge in [-0.3, -0.25) is 4.79 Å². The van der Waals surface area contributed by atoms with Gasteiger partial charge in [-0.1, -0.05) is 17.3 Å². The molecular formula is C21H18FN3O4. The molecule has 0 unspecified atom stereocenters. The first-order valence-corrected chi connectivity index (χ1v) is 9.34. The Bertz CT molecular complexity index is 1060. The average Bonchev–Trinajstić information content (AvgIpc) is 3.43. The van der Waals surface area contributed by atoms with Crippen molar-refractivity contribution in [1.82, 2.24) is 10.1 Å². The van der Waals surface area contributed by atoms with Crippen LogP contribution in [0.25, 0.3) is 11.3 Å². The van der Waals surface area contributed by atoms with E-state index in [1.54, 1.807) is 35.2 Å². The SMILES string of the molecule is O=C(c1cc(-c2ccc3c(c2)OCO3)on1)N1CCN(c2ccccc2F)CC1. The molecule has 0 spiro atoms. The molecule has 1 amide bonds. The van der Waals surface area contributed by atoms with E-state index in [-0.39, 0.29) is 24.2 Å². The minimum absolute atomic E-state index is 0.192. The first kappa shape index (κ1) is 17.5. The minimum Gasteiger partial charge on any atom is -0.454 e. The van der Waals surface area contributed by atoms with E-state index in [4.69, 9.17) is 14.0 Å². The number of rotatable bonds is 3. The number of nitrogens with zero attached hydrogens (tertiary/aromatic N) is 3. The molecule has 2 aliphatic rings. The van der Waals surface area contributed by atoms with Crippen LogP contribution >= 0.6 is 0 Å². The zero-order valence-corrected chi connectivity index (χ0v) is 15.5. The van der Waals surface area contributed by atoms with Crippen LogP contribution in [0, 0.1) is 5.82 Å². The average molecular weight is 395 g/mol. The lowest BCUT2D eigenvalue weighted by Crippen LogP contribution is -2.49. The van der Waals surface area contributed by atoms with Crippen LogP contribution in [-0.4, -0.2) is 48.9 Å². The predicted octanol–water partition coefficient (Wildman–Crippen LogP) is 3.17. The fraction of sp³-hybridized carbons (Fsp3) is 0.238. The third kappa shape index (κ3) is 3.26. The predicted molar refractivity (Wildman–Crippen MR) is 103 cm³/mol. The topological polar surface area (TPSA) is 68.0 Å². The van der Waals surface area contributed by atoms with Crippen LogP contribution in [0.15, 0.2) is 53.1 Å². The smallest absolute Gasteiger partial charge is 0.276 e. The summed E-state index contributed by atoms with van der Waals surface area (Å²) in [4.78, 5) is 16.5. The Labute approximate surface area is 166 Å². The van der Waals surface area contributed by atoms with Crippen molar-refractivity contribution in [3.05, 3.63) is 60.0 Å². The second-order valence-corrected chi connectivity index (χ2v) is 6.88. The van der Waals surface area contributed by atoms with Crippen molar-refractivity contribution in [2.24, 2.45) is 0 Å². The van der Waals surface area contributed by atoms with E-state index in [2.05, 4.69) is 5.16 Å². The van der Waals surface area contributed by atoms with Gasteiger partial charge in [-0.05, 0) is 30.3 Å². The van der Waals surface area contributed by atoms with Crippen molar-refractivity contribution >= 4 is 11.6 Å². The number of anilines is 1. The van der Waals surface area contributed by atoms with Gasteiger partial charge in [0.2, 0.25) is 6.79 Å². The number of hydrogen-bond donors (Lipinski definition) is 0. The second kappa shape index (κ2) is 7.12. The molecule has 0 radical (unpaired) electrons. The maximum Gasteiger partial charge on any atom is 0.276 e. The Balaban J connectivity index is 1.27. The number of benzene rings is 2. The van der Waals surface area contributed by atoms with Crippen LogP contribution in [0.3, 0.4) is 0 Å². The third-order valence-corrected chi connectivity index (χ3v) is 5.15. The van der Waals surface area contributed by atoms with Crippen molar-refractivity contribution in [3.8, 4) is 22.8 Å². The van der Waals surface area contributed by atoms with Gasteiger partial charge in [0, 0.05) is 37.8 Å². The summed E-state index contributed by atoms with van der Waals surface area (Å²) in [6.45, 7) is 2.27. The highest BCUT2D eigenvalue weighted by Crippen LogP contribution is 2.36. The quantitative estimate of drug-likeness (QED) is 0.679. The Morgan fingerprint density at radius 2 is 1.76 bits per heavy atom. The highest BCUT2D eigenvalue weighted by atomic mass is 19.1. The van der Waals surface area contributed by atoms with Crippen molar-refractivity contribution in [3.63, 3.8) is 0 Å². The largest absolute Gasteiger partial charge is 0.454 e. The zero-order valence-electron chi connectivity index (χ0n) is 15.5.